The van der Waals surface area contributed by atoms with Crippen LogP contribution in [-0.2, 0) is 0 Å². The van der Waals surface area contributed by atoms with Crippen LogP contribution < -0.4 is 11.1 Å². The van der Waals surface area contributed by atoms with E-state index >= 15 is 0 Å². The number of hydrogen-bond acceptors (Lipinski definition) is 2. The second-order valence-electron chi connectivity index (χ2n) is 3.94. The van der Waals surface area contributed by atoms with Gasteiger partial charge >= 0.3 is 0 Å². The van der Waals surface area contributed by atoms with Gasteiger partial charge in [-0.2, -0.15) is 0 Å². The maximum Gasteiger partial charge on any atom is 0.261 e. The minimum Gasteiger partial charge on any atom is -0.399 e. The lowest BCUT2D eigenvalue weighted by Gasteiger charge is -2.09. The molecule has 0 saturated carbocycles. The van der Waals surface area contributed by atoms with E-state index in [0.717, 1.165) is 24.3 Å². The van der Waals surface area contributed by atoms with Gasteiger partial charge in [-0.25, -0.2) is 13.2 Å². The summed E-state index contributed by atoms with van der Waals surface area (Å²) in [4.78, 5) is 11.8. The number of hydrogen-bond donors (Lipinski definition) is 2. The number of carbonyl (C=O) groups is 1. The number of halogens is 4. The Bertz CT molecular complexity index is 668. The summed E-state index contributed by atoms with van der Waals surface area (Å²) >= 11 is 2.90. The quantitative estimate of drug-likeness (QED) is 0.816. The number of rotatable bonds is 2. The highest BCUT2D eigenvalue weighted by molar-refractivity contribution is 9.10. The molecule has 0 radical (unpaired) electrons. The van der Waals surface area contributed by atoms with Crippen LogP contribution in [0.2, 0.25) is 0 Å². The van der Waals surface area contributed by atoms with E-state index in [9.17, 15) is 18.0 Å². The van der Waals surface area contributed by atoms with Gasteiger partial charge in [0.25, 0.3) is 5.91 Å². The maximum atomic E-state index is 13.6. The van der Waals surface area contributed by atoms with Crippen molar-refractivity contribution in [2.24, 2.45) is 0 Å². The smallest absolute Gasteiger partial charge is 0.261 e. The number of anilines is 2. The molecule has 2 aromatic carbocycles. The Labute approximate surface area is 120 Å². The summed E-state index contributed by atoms with van der Waals surface area (Å²) < 4.78 is 40.8. The molecule has 20 heavy (non-hydrogen) atoms. The highest BCUT2D eigenvalue weighted by Gasteiger charge is 2.19. The van der Waals surface area contributed by atoms with E-state index in [4.69, 9.17) is 5.73 Å². The standard InChI is InChI=1S/C13H8BrF3N2O/c14-6-3-9(16)12(10(17)4-6)13(20)19-11-5-7(18)1-2-8(11)15/h1-5H,18H2,(H,19,20). The Hall–Kier alpha value is -2.02. The van der Waals surface area contributed by atoms with Crippen molar-refractivity contribution in [3.8, 4) is 0 Å². The summed E-state index contributed by atoms with van der Waals surface area (Å²) in [5, 5.41) is 2.08. The van der Waals surface area contributed by atoms with Crippen molar-refractivity contribution in [1.82, 2.24) is 0 Å². The first-order chi connectivity index (χ1) is 9.38. The van der Waals surface area contributed by atoms with Gasteiger partial charge in [0.2, 0.25) is 0 Å². The van der Waals surface area contributed by atoms with Crippen LogP contribution in [0.25, 0.3) is 0 Å². The van der Waals surface area contributed by atoms with Crippen LogP contribution in [-0.4, -0.2) is 5.91 Å². The summed E-state index contributed by atoms with van der Waals surface area (Å²) in [6, 6.07) is 5.37. The minimum absolute atomic E-state index is 0.152. The Morgan fingerprint density at radius 3 is 2.25 bits per heavy atom. The average Bonchev–Trinajstić information content (AvgIpc) is 2.32. The molecule has 0 aromatic heterocycles. The molecule has 0 fully saturated rings. The molecule has 2 rings (SSSR count). The number of amides is 1. The molecule has 104 valence electrons. The van der Waals surface area contributed by atoms with E-state index in [-0.39, 0.29) is 15.8 Å². The van der Waals surface area contributed by atoms with Crippen molar-refractivity contribution in [1.29, 1.82) is 0 Å². The fourth-order valence-corrected chi connectivity index (χ4v) is 1.98. The minimum atomic E-state index is -1.10. The van der Waals surface area contributed by atoms with Crippen molar-refractivity contribution in [3.05, 3.63) is 57.8 Å². The van der Waals surface area contributed by atoms with Crippen LogP contribution in [0.15, 0.2) is 34.8 Å². The molecular formula is C13H8BrF3N2O. The first-order valence-electron chi connectivity index (χ1n) is 5.39. The van der Waals surface area contributed by atoms with E-state index in [0.29, 0.717) is 0 Å². The Balaban J connectivity index is 2.36. The first-order valence-corrected chi connectivity index (χ1v) is 6.18. The molecule has 0 spiro atoms. The fourth-order valence-electron chi connectivity index (χ4n) is 1.58. The molecule has 0 atom stereocenters. The van der Waals surface area contributed by atoms with Crippen LogP contribution in [0, 0.1) is 17.5 Å². The van der Waals surface area contributed by atoms with Crippen molar-refractivity contribution >= 4 is 33.2 Å². The van der Waals surface area contributed by atoms with Crippen LogP contribution in [0.1, 0.15) is 10.4 Å². The maximum absolute atomic E-state index is 13.6. The van der Waals surface area contributed by atoms with Crippen molar-refractivity contribution < 1.29 is 18.0 Å². The predicted molar refractivity (Wildman–Crippen MR) is 72.8 cm³/mol. The van der Waals surface area contributed by atoms with Crippen molar-refractivity contribution in [3.63, 3.8) is 0 Å². The highest BCUT2D eigenvalue weighted by Crippen LogP contribution is 2.22. The first kappa shape index (κ1) is 14.4. The normalized spacial score (nSPS) is 10.4. The molecular weight excluding hydrogens is 337 g/mol. The average molecular weight is 345 g/mol. The van der Waals surface area contributed by atoms with Gasteiger partial charge in [-0.15, -0.1) is 0 Å². The Morgan fingerprint density at radius 1 is 1.05 bits per heavy atom. The van der Waals surface area contributed by atoms with E-state index in [1.165, 1.54) is 6.07 Å². The number of nitrogens with two attached hydrogens (primary N) is 1. The zero-order valence-electron chi connectivity index (χ0n) is 9.88. The summed E-state index contributed by atoms with van der Waals surface area (Å²) in [7, 11) is 0. The van der Waals surface area contributed by atoms with Crippen LogP contribution in [0.5, 0.6) is 0 Å². The lowest BCUT2D eigenvalue weighted by atomic mass is 10.1. The lowest BCUT2D eigenvalue weighted by Crippen LogP contribution is -2.17. The largest absolute Gasteiger partial charge is 0.399 e. The summed E-state index contributed by atoms with van der Waals surface area (Å²) in [6.07, 6.45) is 0. The number of nitrogens with one attached hydrogen (secondary N) is 1. The van der Waals surface area contributed by atoms with Gasteiger partial charge in [0.05, 0.1) is 5.69 Å². The van der Waals surface area contributed by atoms with E-state index in [1.807, 2.05) is 0 Å². The van der Waals surface area contributed by atoms with Gasteiger partial charge in [0.1, 0.15) is 23.0 Å². The second-order valence-corrected chi connectivity index (χ2v) is 4.85. The van der Waals surface area contributed by atoms with Gasteiger partial charge in [-0.05, 0) is 30.3 Å². The third kappa shape index (κ3) is 2.93. The molecule has 3 N–H and O–H groups in total. The van der Waals surface area contributed by atoms with Crippen molar-refractivity contribution in [2.75, 3.05) is 11.1 Å². The molecule has 0 aliphatic heterocycles. The number of carbonyl (C=O) groups excluding carboxylic acids is 1. The topological polar surface area (TPSA) is 55.1 Å². The number of benzene rings is 2. The second kappa shape index (κ2) is 5.54. The molecule has 0 unspecified atom stereocenters. The third-order valence-electron chi connectivity index (χ3n) is 2.47. The third-order valence-corrected chi connectivity index (χ3v) is 2.93. The number of nitrogen functional groups attached to an aromatic ring is 1. The molecule has 0 heterocycles. The molecule has 0 aliphatic rings. The molecule has 2 aromatic rings. The molecule has 0 bridgehead atoms. The highest BCUT2D eigenvalue weighted by atomic mass is 79.9. The van der Waals surface area contributed by atoms with Gasteiger partial charge in [0, 0.05) is 10.2 Å². The summed E-state index contributed by atoms with van der Waals surface area (Å²) in [6.45, 7) is 0. The molecule has 7 heteroatoms. The van der Waals surface area contributed by atoms with E-state index in [1.54, 1.807) is 0 Å². The predicted octanol–water partition coefficient (Wildman–Crippen LogP) is 3.70. The monoisotopic (exact) mass is 344 g/mol. The zero-order valence-corrected chi connectivity index (χ0v) is 11.5. The molecule has 3 nitrogen and oxygen atoms in total. The van der Waals surface area contributed by atoms with Gasteiger partial charge in [-0.1, -0.05) is 15.9 Å². The Kier molecular flexibility index (Phi) is 3.99. The molecule has 0 aliphatic carbocycles. The fraction of sp³-hybridized carbons (Fsp3) is 0. The van der Waals surface area contributed by atoms with Crippen molar-refractivity contribution in [2.45, 2.75) is 0 Å². The summed E-state index contributed by atoms with van der Waals surface area (Å²) in [5.41, 5.74) is 4.61. The van der Waals surface area contributed by atoms with Crippen LogP contribution in [0.4, 0.5) is 24.5 Å². The lowest BCUT2D eigenvalue weighted by molar-refractivity contribution is 0.101. The van der Waals surface area contributed by atoms with Gasteiger partial charge < -0.3 is 11.1 Å². The van der Waals surface area contributed by atoms with Crippen LogP contribution >= 0.6 is 15.9 Å². The molecule has 1 amide bonds. The van der Waals surface area contributed by atoms with Crippen LogP contribution in [0.3, 0.4) is 0 Å². The zero-order chi connectivity index (χ0) is 14.9. The van der Waals surface area contributed by atoms with Gasteiger partial charge in [-0.3, -0.25) is 4.79 Å². The SMILES string of the molecule is Nc1ccc(F)c(NC(=O)c2c(F)cc(Br)cc2F)c1. The summed E-state index contributed by atoms with van der Waals surface area (Å²) in [5.74, 6) is -3.97. The van der Waals surface area contributed by atoms with E-state index in [2.05, 4.69) is 21.2 Å². The molecule has 0 saturated heterocycles. The van der Waals surface area contributed by atoms with Gasteiger partial charge in [0.15, 0.2) is 0 Å². The Morgan fingerprint density at radius 2 is 1.65 bits per heavy atom. The van der Waals surface area contributed by atoms with E-state index < -0.39 is 28.9 Å².